The zero-order valence-corrected chi connectivity index (χ0v) is 13.3. The SMILES string of the molecule is Cc1cc(C)c(S(=O)(=O)C2CCN(CN)CC2)c(C)c1. The van der Waals surface area contributed by atoms with Crippen LogP contribution in [0.5, 0.6) is 0 Å². The van der Waals surface area contributed by atoms with E-state index < -0.39 is 9.84 Å². The van der Waals surface area contributed by atoms with Crippen molar-refractivity contribution in [2.45, 2.75) is 43.8 Å². The third-order valence-electron chi connectivity index (χ3n) is 4.12. The Labute approximate surface area is 121 Å². The van der Waals surface area contributed by atoms with E-state index in [4.69, 9.17) is 5.73 Å². The number of sulfone groups is 1. The summed E-state index contributed by atoms with van der Waals surface area (Å²) in [7, 11) is -3.24. The van der Waals surface area contributed by atoms with Crippen molar-refractivity contribution in [3.05, 3.63) is 28.8 Å². The molecule has 0 spiro atoms. The molecule has 0 atom stereocenters. The number of hydrogen-bond donors (Lipinski definition) is 1. The summed E-state index contributed by atoms with van der Waals surface area (Å²) < 4.78 is 25.8. The monoisotopic (exact) mass is 296 g/mol. The predicted octanol–water partition coefficient (Wildman–Crippen LogP) is 1.77. The molecular weight excluding hydrogens is 272 g/mol. The number of rotatable bonds is 3. The third kappa shape index (κ3) is 2.90. The number of aryl methyl sites for hydroxylation is 3. The number of benzene rings is 1. The normalized spacial score (nSPS) is 18.4. The van der Waals surface area contributed by atoms with Crippen LogP contribution in [0, 0.1) is 20.8 Å². The van der Waals surface area contributed by atoms with Gasteiger partial charge in [-0.3, -0.25) is 4.90 Å². The Morgan fingerprint density at radius 3 is 2.10 bits per heavy atom. The molecule has 0 amide bonds. The summed E-state index contributed by atoms with van der Waals surface area (Å²) >= 11 is 0. The van der Waals surface area contributed by atoms with Crippen molar-refractivity contribution in [1.82, 2.24) is 4.90 Å². The minimum Gasteiger partial charge on any atom is -0.318 e. The molecule has 0 unspecified atom stereocenters. The van der Waals surface area contributed by atoms with Crippen LogP contribution >= 0.6 is 0 Å². The zero-order chi connectivity index (χ0) is 14.9. The van der Waals surface area contributed by atoms with Crippen molar-refractivity contribution in [3.8, 4) is 0 Å². The maximum Gasteiger partial charge on any atom is 0.181 e. The molecule has 4 nitrogen and oxygen atoms in total. The molecule has 2 rings (SSSR count). The van der Waals surface area contributed by atoms with Crippen LogP contribution in [0.15, 0.2) is 17.0 Å². The van der Waals surface area contributed by atoms with Gasteiger partial charge in [-0.15, -0.1) is 0 Å². The maximum absolute atomic E-state index is 12.9. The summed E-state index contributed by atoms with van der Waals surface area (Å²) in [6.07, 6.45) is 1.35. The van der Waals surface area contributed by atoms with Crippen LogP contribution in [-0.2, 0) is 9.84 Å². The Balaban J connectivity index is 2.32. The van der Waals surface area contributed by atoms with E-state index in [9.17, 15) is 8.42 Å². The average Bonchev–Trinajstić information content (AvgIpc) is 2.37. The summed E-state index contributed by atoms with van der Waals surface area (Å²) in [5.74, 6) is 0. The van der Waals surface area contributed by atoms with Gasteiger partial charge in [0.2, 0.25) is 0 Å². The van der Waals surface area contributed by atoms with Gasteiger partial charge in [0, 0.05) is 19.8 Å². The van der Waals surface area contributed by atoms with Crippen molar-refractivity contribution in [2.75, 3.05) is 19.8 Å². The van der Waals surface area contributed by atoms with Crippen LogP contribution in [0.3, 0.4) is 0 Å². The lowest BCUT2D eigenvalue weighted by atomic mass is 10.1. The van der Waals surface area contributed by atoms with Gasteiger partial charge in [-0.2, -0.15) is 0 Å². The van der Waals surface area contributed by atoms with Gasteiger partial charge in [0.25, 0.3) is 0 Å². The van der Waals surface area contributed by atoms with Crippen molar-refractivity contribution in [1.29, 1.82) is 0 Å². The van der Waals surface area contributed by atoms with Gasteiger partial charge in [0.15, 0.2) is 9.84 Å². The van der Waals surface area contributed by atoms with E-state index in [1.165, 1.54) is 0 Å². The van der Waals surface area contributed by atoms with Crippen LogP contribution in [-0.4, -0.2) is 38.3 Å². The average molecular weight is 296 g/mol. The number of likely N-dealkylation sites (tertiary alicyclic amines) is 1. The first-order valence-corrected chi connectivity index (χ1v) is 8.65. The van der Waals surface area contributed by atoms with Gasteiger partial charge < -0.3 is 5.73 Å². The lowest BCUT2D eigenvalue weighted by Gasteiger charge is -2.31. The molecule has 1 saturated heterocycles. The molecule has 1 aliphatic rings. The van der Waals surface area contributed by atoms with E-state index in [2.05, 4.69) is 4.90 Å². The summed E-state index contributed by atoms with van der Waals surface area (Å²) in [5, 5.41) is -0.273. The van der Waals surface area contributed by atoms with Gasteiger partial charge >= 0.3 is 0 Å². The fourth-order valence-electron chi connectivity index (χ4n) is 3.18. The van der Waals surface area contributed by atoms with E-state index in [0.29, 0.717) is 24.4 Å². The highest BCUT2D eigenvalue weighted by molar-refractivity contribution is 7.92. The quantitative estimate of drug-likeness (QED) is 0.923. The summed E-state index contributed by atoms with van der Waals surface area (Å²) in [5.41, 5.74) is 8.45. The maximum atomic E-state index is 12.9. The first-order valence-electron chi connectivity index (χ1n) is 7.10. The Morgan fingerprint density at radius 2 is 1.65 bits per heavy atom. The first-order chi connectivity index (χ1) is 9.36. The van der Waals surface area contributed by atoms with Crippen molar-refractivity contribution >= 4 is 9.84 Å². The molecule has 0 radical (unpaired) electrons. The molecule has 0 aromatic heterocycles. The Hall–Kier alpha value is -0.910. The van der Waals surface area contributed by atoms with Gasteiger partial charge in [-0.1, -0.05) is 17.7 Å². The lowest BCUT2D eigenvalue weighted by molar-refractivity contribution is 0.236. The second-order valence-corrected chi connectivity index (χ2v) is 7.94. The molecule has 1 heterocycles. The van der Waals surface area contributed by atoms with Crippen molar-refractivity contribution in [3.63, 3.8) is 0 Å². The van der Waals surface area contributed by atoms with Crippen LogP contribution in [0.1, 0.15) is 29.5 Å². The number of nitrogens with two attached hydrogens (primary N) is 1. The van der Waals surface area contributed by atoms with E-state index in [1.807, 2.05) is 32.9 Å². The molecular formula is C15H24N2O2S. The molecule has 1 aromatic rings. The minimum absolute atomic E-state index is 0.273. The molecule has 0 saturated carbocycles. The molecule has 0 aliphatic carbocycles. The molecule has 1 aromatic carbocycles. The predicted molar refractivity (Wildman–Crippen MR) is 81.5 cm³/mol. The Morgan fingerprint density at radius 1 is 1.15 bits per heavy atom. The van der Waals surface area contributed by atoms with Gasteiger partial charge in [0.1, 0.15) is 0 Å². The molecule has 20 heavy (non-hydrogen) atoms. The third-order valence-corrected chi connectivity index (χ3v) is 6.68. The molecule has 1 aliphatic heterocycles. The fraction of sp³-hybridized carbons (Fsp3) is 0.600. The highest BCUT2D eigenvalue weighted by Crippen LogP contribution is 2.29. The smallest absolute Gasteiger partial charge is 0.181 e. The second kappa shape index (κ2) is 5.84. The lowest BCUT2D eigenvalue weighted by Crippen LogP contribution is -2.42. The second-order valence-electron chi connectivity index (χ2n) is 5.77. The largest absolute Gasteiger partial charge is 0.318 e. The summed E-state index contributed by atoms with van der Waals surface area (Å²) in [6, 6.07) is 3.91. The Bertz CT molecular complexity index is 565. The van der Waals surface area contributed by atoms with E-state index >= 15 is 0 Å². The standard InChI is InChI=1S/C15H24N2O2S/c1-11-8-12(2)15(13(3)9-11)20(18,19)14-4-6-17(10-16)7-5-14/h8-9,14H,4-7,10,16H2,1-3H3. The topological polar surface area (TPSA) is 63.4 Å². The van der Waals surface area contributed by atoms with E-state index in [0.717, 1.165) is 29.8 Å². The van der Waals surface area contributed by atoms with Crippen molar-refractivity contribution < 1.29 is 8.42 Å². The van der Waals surface area contributed by atoms with Crippen LogP contribution in [0.4, 0.5) is 0 Å². The van der Waals surface area contributed by atoms with Gasteiger partial charge in [-0.25, -0.2) is 8.42 Å². The first kappa shape index (κ1) is 15.5. The Kier molecular flexibility index (Phi) is 4.52. The summed E-state index contributed by atoms with van der Waals surface area (Å²) in [6.45, 7) is 7.82. The zero-order valence-electron chi connectivity index (χ0n) is 12.5. The van der Waals surface area contributed by atoms with Crippen LogP contribution < -0.4 is 5.73 Å². The fourth-order valence-corrected chi connectivity index (χ4v) is 5.36. The highest BCUT2D eigenvalue weighted by Gasteiger charge is 2.32. The highest BCUT2D eigenvalue weighted by atomic mass is 32.2. The minimum atomic E-state index is -3.24. The van der Waals surface area contributed by atoms with Gasteiger partial charge in [0.05, 0.1) is 10.1 Å². The van der Waals surface area contributed by atoms with Crippen LogP contribution in [0.25, 0.3) is 0 Å². The van der Waals surface area contributed by atoms with Crippen molar-refractivity contribution in [2.24, 2.45) is 5.73 Å². The molecule has 0 bridgehead atoms. The summed E-state index contributed by atoms with van der Waals surface area (Å²) in [4.78, 5) is 2.63. The van der Waals surface area contributed by atoms with Gasteiger partial charge in [-0.05, 0) is 44.7 Å². The van der Waals surface area contributed by atoms with E-state index in [-0.39, 0.29) is 5.25 Å². The van der Waals surface area contributed by atoms with E-state index in [1.54, 1.807) is 0 Å². The molecule has 5 heteroatoms. The number of hydrogen-bond acceptors (Lipinski definition) is 4. The number of piperidine rings is 1. The number of nitrogens with zero attached hydrogens (tertiary/aromatic N) is 1. The molecule has 112 valence electrons. The molecule has 1 fully saturated rings. The molecule has 2 N–H and O–H groups in total. The van der Waals surface area contributed by atoms with Crippen LogP contribution in [0.2, 0.25) is 0 Å².